The highest BCUT2D eigenvalue weighted by molar-refractivity contribution is 4.97. The molecular weight excluding hydrogens is 112 g/mol. The van der Waals surface area contributed by atoms with Gasteiger partial charge in [-0.2, -0.15) is 0 Å². The Bertz CT molecular complexity index is 116. The van der Waals surface area contributed by atoms with Crippen molar-refractivity contribution in [3.05, 3.63) is 0 Å². The maximum atomic E-state index is 3.38. The van der Waals surface area contributed by atoms with Crippen LogP contribution in [0.1, 0.15) is 32.1 Å². The third-order valence-corrected chi connectivity index (χ3v) is 2.65. The normalized spacial score (nSPS) is 39.0. The topological polar surface area (TPSA) is 25.0 Å². The van der Waals surface area contributed by atoms with Crippen molar-refractivity contribution >= 4 is 0 Å². The van der Waals surface area contributed by atoms with Crippen LogP contribution in [0, 0.1) is 0 Å². The number of nitrogens with one attached hydrogen (secondary N) is 1. The summed E-state index contributed by atoms with van der Waals surface area (Å²) in [7, 11) is 2.14. The molecule has 0 aromatic rings. The van der Waals surface area contributed by atoms with E-state index in [0.29, 0.717) is 5.66 Å². The van der Waals surface area contributed by atoms with Gasteiger partial charge in [-0.15, -0.1) is 0 Å². The molecule has 0 aromatic carbocycles. The number of rotatable bonds is 0. The number of hydrogen-bond donors (Lipinski definition) is 1. The molecule has 1 saturated carbocycles. The average Bonchev–Trinajstić information content (AvgIpc) is 2.44. The molecule has 1 N–H and O–H groups in total. The second-order valence-corrected chi connectivity index (χ2v) is 3.26. The molecule has 1 atom stereocenters. The fraction of sp³-hybridized carbons (Fsp3) is 1.00. The Labute approximate surface area is 56.2 Å². The first-order valence-electron chi connectivity index (χ1n) is 3.85. The van der Waals surface area contributed by atoms with E-state index < -0.39 is 0 Å². The van der Waals surface area contributed by atoms with Crippen molar-refractivity contribution in [3.63, 3.8) is 0 Å². The summed E-state index contributed by atoms with van der Waals surface area (Å²) in [6.07, 6.45) is 7.00. The molecule has 52 valence electrons. The van der Waals surface area contributed by atoms with Crippen LogP contribution in [0.3, 0.4) is 0 Å². The molecule has 2 heteroatoms. The van der Waals surface area contributed by atoms with Gasteiger partial charge in [0.05, 0.1) is 5.66 Å². The summed E-state index contributed by atoms with van der Waals surface area (Å²) >= 11 is 0. The molecular formula is C7H14N2. The van der Waals surface area contributed by atoms with E-state index in [1.165, 1.54) is 32.1 Å². The predicted molar refractivity (Wildman–Crippen MR) is 36.7 cm³/mol. The van der Waals surface area contributed by atoms with E-state index >= 15 is 0 Å². The highest BCUT2D eigenvalue weighted by atomic mass is 15.8. The Kier molecular flexibility index (Phi) is 1.08. The lowest BCUT2D eigenvalue weighted by Gasteiger charge is -2.18. The molecule has 0 aromatic heterocycles. The molecule has 2 fully saturated rings. The fourth-order valence-electron chi connectivity index (χ4n) is 1.87. The summed E-state index contributed by atoms with van der Waals surface area (Å²) in [6.45, 7) is 0. The lowest BCUT2D eigenvalue weighted by atomic mass is 9.93. The van der Waals surface area contributed by atoms with E-state index in [1.54, 1.807) is 0 Å². The van der Waals surface area contributed by atoms with Crippen LogP contribution < -0.4 is 5.43 Å². The lowest BCUT2D eigenvalue weighted by Crippen LogP contribution is -2.21. The predicted octanol–water partition coefficient (Wildman–Crippen LogP) is 1.10. The second kappa shape index (κ2) is 1.70. The summed E-state index contributed by atoms with van der Waals surface area (Å²) in [5, 5.41) is 2.26. The van der Waals surface area contributed by atoms with Gasteiger partial charge in [-0.1, -0.05) is 19.3 Å². The molecule has 0 bridgehead atoms. The Hall–Kier alpha value is -0.0800. The molecule has 1 aliphatic heterocycles. The molecule has 9 heavy (non-hydrogen) atoms. The van der Waals surface area contributed by atoms with Crippen LogP contribution in [0.15, 0.2) is 0 Å². The zero-order valence-electron chi connectivity index (χ0n) is 5.98. The largest absolute Gasteiger partial charge is 0.232 e. The van der Waals surface area contributed by atoms with Crippen molar-refractivity contribution in [2.75, 3.05) is 7.05 Å². The molecule has 1 unspecified atom stereocenters. The van der Waals surface area contributed by atoms with Crippen molar-refractivity contribution in [1.82, 2.24) is 10.4 Å². The zero-order chi connectivity index (χ0) is 6.32. The summed E-state index contributed by atoms with van der Waals surface area (Å²) in [5.41, 5.74) is 3.85. The molecule has 1 heterocycles. The molecule has 2 aliphatic rings. The van der Waals surface area contributed by atoms with Gasteiger partial charge in [-0.25, -0.2) is 10.4 Å². The first kappa shape index (κ1) is 5.69. The Morgan fingerprint density at radius 2 is 1.78 bits per heavy atom. The molecule has 1 spiro atoms. The van der Waals surface area contributed by atoms with E-state index in [1.807, 2.05) is 0 Å². The molecule has 0 radical (unpaired) electrons. The smallest absolute Gasteiger partial charge is 0.0970 e. The van der Waals surface area contributed by atoms with E-state index in [-0.39, 0.29) is 0 Å². The third kappa shape index (κ3) is 0.775. The Morgan fingerprint density at radius 1 is 1.22 bits per heavy atom. The molecule has 2 rings (SSSR count). The van der Waals surface area contributed by atoms with E-state index in [4.69, 9.17) is 0 Å². The third-order valence-electron chi connectivity index (χ3n) is 2.65. The lowest BCUT2D eigenvalue weighted by molar-refractivity contribution is 0.338. The monoisotopic (exact) mass is 126 g/mol. The number of hydrazine groups is 1. The van der Waals surface area contributed by atoms with Crippen molar-refractivity contribution < 1.29 is 0 Å². The standard InChI is InChI=1S/C7H14N2/c1-9-7(8-9)5-3-2-4-6-7/h8H,2-6H2,1H3. The highest BCUT2D eigenvalue weighted by Gasteiger charge is 2.48. The van der Waals surface area contributed by atoms with Gasteiger partial charge < -0.3 is 0 Å². The summed E-state index contributed by atoms with van der Waals surface area (Å²) < 4.78 is 0. The van der Waals surface area contributed by atoms with Gasteiger partial charge in [-0.05, 0) is 12.8 Å². The van der Waals surface area contributed by atoms with Gasteiger partial charge >= 0.3 is 0 Å². The maximum absolute atomic E-state index is 3.38. The van der Waals surface area contributed by atoms with E-state index in [9.17, 15) is 0 Å². The fourth-order valence-corrected chi connectivity index (χ4v) is 1.87. The van der Waals surface area contributed by atoms with E-state index in [0.717, 1.165) is 0 Å². The molecule has 1 saturated heterocycles. The number of hydrogen-bond acceptors (Lipinski definition) is 2. The minimum absolute atomic E-state index is 0.470. The second-order valence-electron chi connectivity index (χ2n) is 3.26. The van der Waals surface area contributed by atoms with Crippen LogP contribution in [-0.2, 0) is 0 Å². The quantitative estimate of drug-likeness (QED) is 0.491. The SMILES string of the molecule is CN1NC12CCCCC2. The van der Waals surface area contributed by atoms with Crippen LogP contribution in [0.5, 0.6) is 0 Å². The first-order valence-corrected chi connectivity index (χ1v) is 3.85. The summed E-state index contributed by atoms with van der Waals surface area (Å²) in [6, 6.07) is 0. The summed E-state index contributed by atoms with van der Waals surface area (Å²) in [5.74, 6) is 0. The van der Waals surface area contributed by atoms with Crippen molar-refractivity contribution in [3.8, 4) is 0 Å². The van der Waals surface area contributed by atoms with Gasteiger partial charge in [0.2, 0.25) is 0 Å². The van der Waals surface area contributed by atoms with Crippen LogP contribution in [-0.4, -0.2) is 17.7 Å². The average molecular weight is 126 g/mol. The zero-order valence-corrected chi connectivity index (χ0v) is 5.98. The van der Waals surface area contributed by atoms with Gasteiger partial charge in [0, 0.05) is 7.05 Å². The van der Waals surface area contributed by atoms with Gasteiger partial charge in [0.15, 0.2) is 0 Å². The van der Waals surface area contributed by atoms with Crippen LogP contribution in [0.2, 0.25) is 0 Å². The molecule has 2 nitrogen and oxygen atoms in total. The minimum Gasteiger partial charge on any atom is -0.232 e. The van der Waals surface area contributed by atoms with Crippen LogP contribution in [0.4, 0.5) is 0 Å². The van der Waals surface area contributed by atoms with E-state index in [2.05, 4.69) is 17.5 Å². The van der Waals surface area contributed by atoms with Crippen LogP contribution >= 0.6 is 0 Å². The van der Waals surface area contributed by atoms with Crippen LogP contribution in [0.25, 0.3) is 0 Å². The first-order chi connectivity index (χ1) is 4.33. The number of nitrogens with zero attached hydrogens (tertiary/aromatic N) is 1. The Balaban J connectivity index is 1.97. The summed E-state index contributed by atoms with van der Waals surface area (Å²) in [4.78, 5) is 0. The van der Waals surface area contributed by atoms with Crippen molar-refractivity contribution in [1.29, 1.82) is 0 Å². The maximum Gasteiger partial charge on any atom is 0.0970 e. The highest BCUT2D eigenvalue weighted by Crippen LogP contribution is 2.37. The van der Waals surface area contributed by atoms with Gasteiger partial charge in [0.25, 0.3) is 0 Å². The van der Waals surface area contributed by atoms with Gasteiger partial charge in [0.1, 0.15) is 0 Å². The molecule has 1 aliphatic carbocycles. The van der Waals surface area contributed by atoms with Gasteiger partial charge in [-0.3, -0.25) is 0 Å². The minimum atomic E-state index is 0.470. The van der Waals surface area contributed by atoms with Crippen molar-refractivity contribution in [2.45, 2.75) is 37.8 Å². The van der Waals surface area contributed by atoms with Crippen molar-refractivity contribution in [2.24, 2.45) is 0 Å². The Morgan fingerprint density at radius 3 is 2.11 bits per heavy atom. The molecule has 0 amide bonds.